The number of hydrogen-bond acceptors (Lipinski definition) is 5. The van der Waals surface area contributed by atoms with E-state index >= 15 is 0 Å². The molecule has 24 heavy (non-hydrogen) atoms. The predicted molar refractivity (Wildman–Crippen MR) is 89.8 cm³/mol. The van der Waals surface area contributed by atoms with Crippen LogP contribution in [0.2, 0.25) is 0 Å². The number of furan rings is 1. The lowest BCUT2D eigenvalue weighted by atomic mass is 10.1. The first kappa shape index (κ1) is 19.0. The second-order valence-corrected chi connectivity index (χ2v) is 8.25. The molecule has 0 spiro atoms. The summed E-state index contributed by atoms with van der Waals surface area (Å²) in [5.74, 6) is -0.964. The number of hydrogen-bond donors (Lipinski definition) is 2. The molecule has 0 radical (unpaired) electrons. The molecule has 1 fully saturated rings. The number of piperidine rings is 1. The molecule has 2 N–H and O–H groups in total. The van der Waals surface area contributed by atoms with Gasteiger partial charge in [0.15, 0.2) is 0 Å². The van der Waals surface area contributed by atoms with Gasteiger partial charge >= 0.3 is 5.97 Å². The Bertz CT molecular complexity index is 690. The number of carbonyl (C=O) groups is 1. The first-order valence-electron chi connectivity index (χ1n) is 8.27. The zero-order valence-electron chi connectivity index (χ0n) is 14.5. The Morgan fingerprint density at radius 2 is 1.88 bits per heavy atom. The molecule has 136 valence electrons. The van der Waals surface area contributed by atoms with Crippen LogP contribution in [0.1, 0.15) is 48.1 Å². The maximum atomic E-state index is 12.5. The van der Waals surface area contributed by atoms with E-state index in [1.54, 1.807) is 0 Å². The summed E-state index contributed by atoms with van der Waals surface area (Å²) in [5.41, 5.74) is -0.288. The average molecular weight is 358 g/mol. The number of carboxylic acid groups (broad SMARTS) is 1. The van der Waals surface area contributed by atoms with E-state index in [4.69, 9.17) is 4.42 Å². The number of sulfonamides is 1. The van der Waals surface area contributed by atoms with Crippen LogP contribution in [0.15, 0.2) is 9.31 Å². The third kappa shape index (κ3) is 4.37. The Balaban J connectivity index is 2.05. The Morgan fingerprint density at radius 1 is 1.25 bits per heavy atom. The second-order valence-electron chi connectivity index (χ2n) is 6.54. The van der Waals surface area contributed by atoms with E-state index in [2.05, 4.69) is 9.62 Å². The summed E-state index contributed by atoms with van der Waals surface area (Å²) in [6.45, 7) is 8.11. The highest BCUT2D eigenvalue weighted by Gasteiger charge is 2.31. The SMILES string of the molecule is Cc1oc(C)c(S(=O)(=O)NCC(C)CN2CCCCC2)c1C(=O)O. The predicted octanol–water partition coefficient (Wildman–Crippen LogP) is 1.99. The molecule has 7 nitrogen and oxygen atoms in total. The molecule has 0 amide bonds. The zero-order chi connectivity index (χ0) is 17.9. The highest BCUT2D eigenvalue weighted by molar-refractivity contribution is 7.89. The second kappa shape index (κ2) is 7.67. The van der Waals surface area contributed by atoms with Crippen molar-refractivity contribution < 1.29 is 22.7 Å². The summed E-state index contributed by atoms with van der Waals surface area (Å²) in [5, 5.41) is 9.26. The van der Waals surface area contributed by atoms with E-state index in [9.17, 15) is 18.3 Å². The van der Waals surface area contributed by atoms with Gasteiger partial charge < -0.3 is 14.4 Å². The van der Waals surface area contributed by atoms with Crippen molar-refractivity contribution in [1.29, 1.82) is 0 Å². The Kier molecular flexibility index (Phi) is 6.06. The third-order valence-corrected chi connectivity index (χ3v) is 5.90. The van der Waals surface area contributed by atoms with Crippen LogP contribution in [0.25, 0.3) is 0 Å². The molecule has 1 aromatic heterocycles. The number of likely N-dealkylation sites (tertiary alicyclic amines) is 1. The lowest BCUT2D eigenvalue weighted by molar-refractivity contribution is 0.0691. The van der Waals surface area contributed by atoms with Crippen molar-refractivity contribution in [1.82, 2.24) is 9.62 Å². The van der Waals surface area contributed by atoms with Crippen LogP contribution in [0.4, 0.5) is 0 Å². The van der Waals surface area contributed by atoms with Gasteiger partial charge in [0.25, 0.3) is 0 Å². The van der Waals surface area contributed by atoms with E-state index in [-0.39, 0.29) is 34.4 Å². The highest BCUT2D eigenvalue weighted by Crippen LogP contribution is 2.26. The minimum atomic E-state index is -3.92. The minimum Gasteiger partial charge on any atom is -0.478 e. The number of rotatable bonds is 7. The molecule has 1 aliphatic rings. The maximum Gasteiger partial charge on any atom is 0.340 e. The lowest BCUT2D eigenvalue weighted by Crippen LogP contribution is -2.38. The van der Waals surface area contributed by atoms with Crippen LogP contribution in [-0.4, -0.2) is 50.6 Å². The van der Waals surface area contributed by atoms with Crippen molar-refractivity contribution in [2.75, 3.05) is 26.2 Å². The minimum absolute atomic E-state index is 0.0982. The Morgan fingerprint density at radius 3 is 2.46 bits per heavy atom. The maximum absolute atomic E-state index is 12.5. The number of nitrogens with one attached hydrogen (secondary N) is 1. The Hall–Kier alpha value is -1.38. The van der Waals surface area contributed by atoms with Gasteiger partial charge in [0.05, 0.1) is 0 Å². The van der Waals surface area contributed by atoms with Crippen molar-refractivity contribution in [2.24, 2.45) is 5.92 Å². The van der Waals surface area contributed by atoms with Crippen LogP contribution in [0, 0.1) is 19.8 Å². The van der Waals surface area contributed by atoms with E-state index in [1.807, 2.05) is 6.92 Å². The van der Waals surface area contributed by atoms with E-state index < -0.39 is 16.0 Å². The van der Waals surface area contributed by atoms with Crippen LogP contribution < -0.4 is 4.72 Å². The molecule has 0 bridgehead atoms. The molecule has 0 aromatic carbocycles. The Labute approximate surface area is 143 Å². The average Bonchev–Trinajstić information content (AvgIpc) is 2.82. The van der Waals surface area contributed by atoms with E-state index in [0.717, 1.165) is 19.6 Å². The molecule has 1 aliphatic heterocycles. The summed E-state index contributed by atoms with van der Waals surface area (Å²) in [7, 11) is -3.92. The third-order valence-electron chi connectivity index (χ3n) is 4.33. The van der Waals surface area contributed by atoms with Crippen LogP contribution in [-0.2, 0) is 10.0 Å². The largest absolute Gasteiger partial charge is 0.478 e. The van der Waals surface area contributed by atoms with Gasteiger partial charge in [0.1, 0.15) is 22.0 Å². The fourth-order valence-corrected chi connectivity index (χ4v) is 4.77. The molecular formula is C16H26N2O5S. The van der Waals surface area contributed by atoms with Crippen molar-refractivity contribution >= 4 is 16.0 Å². The summed E-state index contributed by atoms with van der Waals surface area (Å²) < 4.78 is 32.8. The van der Waals surface area contributed by atoms with E-state index in [0.29, 0.717) is 0 Å². The molecule has 1 aromatic rings. The van der Waals surface area contributed by atoms with Gasteiger partial charge in [-0.05, 0) is 45.7 Å². The molecule has 8 heteroatoms. The van der Waals surface area contributed by atoms with Crippen LogP contribution in [0.5, 0.6) is 0 Å². The van der Waals surface area contributed by atoms with Gasteiger partial charge in [-0.2, -0.15) is 0 Å². The molecule has 1 saturated heterocycles. The lowest BCUT2D eigenvalue weighted by Gasteiger charge is -2.29. The molecule has 0 saturated carbocycles. The molecular weight excluding hydrogens is 332 g/mol. The monoisotopic (exact) mass is 358 g/mol. The first-order valence-corrected chi connectivity index (χ1v) is 9.76. The van der Waals surface area contributed by atoms with Crippen molar-refractivity contribution in [3.8, 4) is 0 Å². The summed E-state index contributed by atoms with van der Waals surface area (Å²) in [6, 6.07) is 0. The summed E-state index contributed by atoms with van der Waals surface area (Å²) in [6.07, 6.45) is 3.64. The highest BCUT2D eigenvalue weighted by atomic mass is 32.2. The number of aromatic carboxylic acids is 1. The van der Waals surface area contributed by atoms with E-state index in [1.165, 1.54) is 33.1 Å². The van der Waals surface area contributed by atoms with Crippen molar-refractivity contribution in [2.45, 2.75) is 44.9 Å². The fourth-order valence-electron chi connectivity index (χ4n) is 3.21. The number of carboxylic acids is 1. The fraction of sp³-hybridized carbons (Fsp3) is 0.688. The molecule has 0 aliphatic carbocycles. The standard InChI is InChI=1S/C16H26N2O5S/c1-11(10-18-7-5-4-6-8-18)9-17-24(21,22)15-13(3)23-12(2)14(15)16(19)20/h11,17H,4-10H2,1-3H3,(H,19,20). The van der Waals surface area contributed by atoms with Gasteiger partial charge in [0, 0.05) is 13.1 Å². The first-order chi connectivity index (χ1) is 11.2. The molecule has 2 rings (SSSR count). The topological polar surface area (TPSA) is 99.9 Å². The van der Waals surface area contributed by atoms with Crippen molar-refractivity contribution in [3.05, 3.63) is 17.1 Å². The van der Waals surface area contributed by atoms with Crippen molar-refractivity contribution in [3.63, 3.8) is 0 Å². The molecule has 1 unspecified atom stereocenters. The van der Waals surface area contributed by atoms with Crippen LogP contribution in [0.3, 0.4) is 0 Å². The zero-order valence-corrected chi connectivity index (χ0v) is 15.3. The van der Waals surface area contributed by atoms with Gasteiger partial charge in [-0.15, -0.1) is 0 Å². The summed E-state index contributed by atoms with van der Waals surface area (Å²) >= 11 is 0. The summed E-state index contributed by atoms with van der Waals surface area (Å²) in [4.78, 5) is 13.4. The number of aryl methyl sites for hydroxylation is 2. The molecule has 2 heterocycles. The van der Waals surface area contributed by atoms with Gasteiger partial charge in [-0.3, -0.25) is 0 Å². The van der Waals surface area contributed by atoms with Gasteiger partial charge in [0.2, 0.25) is 10.0 Å². The quantitative estimate of drug-likeness (QED) is 0.773. The molecule has 1 atom stereocenters. The number of nitrogens with zero attached hydrogens (tertiary/aromatic N) is 1. The normalized spacial score (nSPS) is 17.8. The van der Waals surface area contributed by atoms with Gasteiger partial charge in [-0.1, -0.05) is 13.3 Å². The van der Waals surface area contributed by atoms with Crippen LogP contribution >= 0.6 is 0 Å². The van der Waals surface area contributed by atoms with Gasteiger partial charge in [-0.25, -0.2) is 17.9 Å². The smallest absolute Gasteiger partial charge is 0.340 e.